The zero-order valence-electron chi connectivity index (χ0n) is 11.1. The second kappa shape index (κ2) is 5.81. The number of imidazole rings is 1. The maximum atomic E-state index is 5.94. The quantitative estimate of drug-likeness (QED) is 0.750. The summed E-state index contributed by atoms with van der Waals surface area (Å²) in [6.45, 7) is 0. The zero-order chi connectivity index (χ0) is 14.7. The highest BCUT2D eigenvalue weighted by atomic mass is 35.5. The third-order valence-corrected chi connectivity index (χ3v) is 3.20. The Morgan fingerprint density at radius 3 is 2.67 bits per heavy atom. The van der Waals surface area contributed by atoms with Gasteiger partial charge in [-0.2, -0.15) is 5.10 Å². The smallest absolute Gasteiger partial charge is 0.221 e. The van der Waals surface area contributed by atoms with E-state index in [4.69, 9.17) is 17.3 Å². The zero-order valence-corrected chi connectivity index (χ0v) is 11.9. The molecule has 0 fully saturated rings. The van der Waals surface area contributed by atoms with Gasteiger partial charge in [0.2, 0.25) is 5.95 Å². The van der Waals surface area contributed by atoms with Gasteiger partial charge in [-0.3, -0.25) is 0 Å². The van der Waals surface area contributed by atoms with Crippen LogP contribution in [0.15, 0.2) is 65.9 Å². The molecule has 0 bridgehead atoms. The van der Waals surface area contributed by atoms with E-state index in [9.17, 15) is 0 Å². The first-order chi connectivity index (χ1) is 10.2. The van der Waals surface area contributed by atoms with Gasteiger partial charge < -0.3 is 5.73 Å². The minimum Gasteiger partial charge on any atom is -0.368 e. The Kier molecular flexibility index (Phi) is 3.71. The van der Waals surface area contributed by atoms with Crippen LogP contribution in [0.5, 0.6) is 0 Å². The van der Waals surface area contributed by atoms with Crippen molar-refractivity contribution < 1.29 is 0 Å². The van der Waals surface area contributed by atoms with E-state index >= 15 is 0 Å². The highest BCUT2D eigenvalue weighted by molar-refractivity contribution is 6.30. The number of hydrogen-bond donors (Lipinski definition) is 1. The second-order valence-corrected chi connectivity index (χ2v) is 4.93. The average molecular weight is 297 g/mol. The van der Waals surface area contributed by atoms with Crippen LogP contribution in [0, 0.1) is 0 Å². The lowest BCUT2D eigenvalue weighted by Crippen LogP contribution is -1.96. The predicted molar refractivity (Wildman–Crippen MR) is 86.5 cm³/mol. The van der Waals surface area contributed by atoms with Crippen molar-refractivity contribution in [3.05, 3.63) is 71.4 Å². The largest absolute Gasteiger partial charge is 0.368 e. The molecule has 1 heterocycles. The molecule has 0 radical (unpaired) electrons. The molecule has 0 aliphatic rings. The van der Waals surface area contributed by atoms with Crippen molar-refractivity contribution in [3.63, 3.8) is 0 Å². The van der Waals surface area contributed by atoms with Crippen LogP contribution in [0.4, 0.5) is 5.95 Å². The molecule has 0 unspecified atom stereocenters. The van der Waals surface area contributed by atoms with Crippen LogP contribution in [-0.2, 0) is 0 Å². The first-order valence-electron chi connectivity index (χ1n) is 6.42. The van der Waals surface area contributed by atoms with Crippen molar-refractivity contribution >= 4 is 23.8 Å². The lowest BCUT2D eigenvalue weighted by atomic mass is 10.2. The molecular weight excluding hydrogens is 284 g/mol. The molecule has 21 heavy (non-hydrogen) atoms. The molecule has 5 heteroatoms. The Hall–Kier alpha value is -2.59. The molecule has 0 aliphatic carbocycles. The minimum atomic E-state index is 0.340. The van der Waals surface area contributed by atoms with Crippen LogP contribution in [-0.4, -0.2) is 15.9 Å². The van der Waals surface area contributed by atoms with Gasteiger partial charge in [-0.15, -0.1) is 0 Å². The summed E-state index contributed by atoms with van der Waals surface area (Å²) in [5.41, 5.74) is 8.57. The molecule has 0 saturated heterocycles. The lowest BCUT2D eigenvalue weighted by molar-refractivity contribution is 0.898. The van der Waals surface area contributed by atoms with Crippen molar-refractivity contribution in [3.8, 4) is 11.3 Å². The van der Waals surface area contributed by atoms with Crippen molar-refractivity contribution in [2.24, 2.45) is 5.10 Å². The summed E-state index contributed by atoms with van der Waals surface area (Å²) in [5, 5.41) is 4.98. The van der Waals surface area contributed by atoms with Gasteiger partial charge in [0.1, 0.15) is 0 Å². The molecule has 0 saturated carbocycles. The van der Waals surface area contributed by atoms with Gasteiger partial charge in [-0.25, -0.2) is 9.66 Å². The Bertz CT molecular complexity index is 778. The van der Waals surface area contributed by atoms with E-state index in [1.165, 1.54) is 0 Å². The predicted octanol–water partition coefficient (Wildman–Crippen LogP) is 3.67. The number of nitrogens with zero attached hydrogens (tertiary/aromatic N) is 3. The second-order valence-electron chi connectivity index (χ2n) is 4.49. The summed E-state index contributed by atoms with van der Waals surface area (Å²) in [6.07, 6.45) is 3.49. The number of aromatic nitrogens is 2. The van der Waals surface area contributed by atoms with E-state index in [2.05, 4.69) is 10.1 Å². The van der Waals surface area contributed by atoms with Gasteiger partial charge in [0.25, 0.3) is 0 Å². The third-order valence-electron chi connectivity index (χ3n) is 2.96. The highest BCUT2D eigenvalue weighted by Gasteiger charge is 2.05. The number of hydrogen-bond acceptors (Lipinski definition) is 3. The Labute approximate surface area is 127 Å². The van der Waals surface area contributed by atoms with Crippen LogP contribution < -0.4 is 5.73 Å². The molecule has 4 nitrogen and oxygen atoms in total. The number of rotatable bonds is 3. The monoisotopic (exact) mass is 296 g/mol. The van der Waals surface area contributed by atoms with Gasteiger partial charge >= 0.3 is 0 Å². The molecule has 1 aromatic heterocycles. The summed E-state index contributed by atoms with van der Waals surface area (Å²) in [4.78, 5) is 4.31. The van der Waals surface area contributed by atoms with Gasteiger partial charge in [0.15, 0.2) is 0 Å². The topological polar surface area (TPSA) is 56.2 Å². The van der Waals surface area contributed by atoms with Crippen LogP contribution in [0.25, 0.3) is 11.3 Å². The fraction of sp³-hybridized carbons (Fsp3) is 0. The van der Waals surface area contributed by atoms with Gasteiger partial charge in [-0.1, -0.05) is 54.1 Å². The molecule has 3 rings (SSSR count). The van der Waals surface area contributed by atoms with Crippen molar-refractivity contribution in [2.45, 2.75) is 0 Å². The molecule has 2 N–H and O–H groups in total. The molecular formula is C16H13ClN4. The summed E-state index contributed by atoms with van der Waals surface area (Å²) in [7, 11) is 0. The number of nitrogen functional groups attached to an aromatic ring is 1. The first kappa shape index (κ1) is 13.4. The molecule has 2 aromatic carbocycles. The van der Waals surface area contributed by atoms with E-state index in [-0.39, 0.29) is 0 Å². The number of anilines is 1. The van der Waals surface area contributed by atoms with Crippen molar-refractivity contribution in [2.75, 3.05) is 5.73 Å². The van der Waals surface area contributed by atoms with E-state index in [1.807, 2.05) is 54.6 Å². The number of benzene rings is 2. The standard InChI is InChI=1S/C16H13ClN4/c17-14-8-4-5-12(9-14)10-19-21-11-15(20-16(21)18)13-6-2-1-3-7-13/h1-11H,(H2,18,20)/b19-10-. The Morgan fingerprint density at radius 2 is 1.90 bits per heavy atom. The summed E-state index contributed by atoms with van der Waals surface area (Å²) in [5.74, 6) is 0.340. The normalized spacial score (nSPS) is 11.1. The Morgan fingerprint density at radius 1 is 1.10 bits per heavy atom. The summed E-state index contributed by atoms with van der Waals surface area (Å²) in [6, 6.07) is 17.3. The fourth-order valence-electron chi connectivity index (χ4n) is 1.94. The van der Waals surface area contributed by atoms with Crippen LogP contribution in [0.3, 0.4) is 0 Å². The molecule has 3 aromatic rings. The number of nitrogens with two attached hydrogens (primary N) is 1. The SMILES string of the molecule is Nc1nc(-c2ccccc2)cn1/N=C\c1cccc(Cl)c1. The molecule has 104 valence electrons. The first-order valence-corrected chi connectivity index (χ1v) is 6.80. The molecule has 0 aliphatic heterocycles. The van der Waals surface area contributed by atoms with Crippen LogP contribution in [0.1, 0.15) is 5.56 Å². The van der Waals surface area contributed by atoms with E-state index in [1.54, 1.807) is 17.1 Å². The van der Waals surface area contributed by atoms with E-state index in [0.717, 1.165) is 16.8 Å². The maximum absolute atomic E-state index is 5.94. The molecule has 0 amide bonds. The van der Waals surface area contributed by atoms with Crippen LogP contribution in [0.2, 0.25) is 5.02 Å². The van der Waals surface area contributed by atoms with Gasteiger partial charge in [0.05, 0.1) is 18.1 Å². The molecule has 0 atom stereocenters. The number of halogens is 1. The summed E-state index contributed by atoms with van der Waals surface area (Å²) < 4.78 is 1.54. The van der Waals surface area contributed by atoms with Crippen molar-refractivity contribution in [1.29, 1.82) is 0 Å². The molecule has 0 spiro atoms. The van der Waals surface area contributed by atoms with Gasteiger partial charge in [0, 0.05) is 10.6 Å². The van der Waals surface area contributed by atoms with Gasteiger partial charge in [-0.05, 0) is 17.7 Å². The highest BCUT2D eigenvalue weighted by Crippen LogP contribution is 2.19. The fourth-order valence-corrected chi connectivity index (χ4v) is 2.14. The minimum absolute atomic E-state index is 0.340. The van der Waals surface area contributed by atoms with Crippen molar-refractivity contribution in [1.82, 2.24) is 9.66 Å². The lowest BCUT2D eigenvalue weighted by Gasteiger charge is -1.96. The summed E-state index contributed by atoms with van der Waals surface area (Å²) >= 11 is 5.94. The maximum Gasteiger partial charge on any atom is 0.221 e. The Balaban J connectivity index is 1.88. The average Bonchev–Trinajstić information content (AvgIpc) is 2.87. The van der Waals surface area contributed by atoms with Crippen LogP contribution >= 0.6 is 11.6 Å². The third kappa shape index (κ3) is 3.12. The van der Waals surface area contributed by atoms with E-state index < -0.39 is 0 Å². The van der Waals surface area contributed by atoms with E-state index in [0.29, 0.717) is 11.0 Å².